The van der Waals surface area contributed by atoms with Crippen molar-refractivity contribution in [2.45, 2.75) is 18.9 Å². The SMILES string of the molecule is CN(CCc1ccccc1N1CC[C@H](O)C1)C(=O)CN(C)c1ccccc1. The first-order chi connectivity index (χ1) is 13.0. The molecule has 1 fully saturated rings. The van der Waals surface area contributed by atoms with Gasteiger partial charge in [-0.1, -0.05) is 36.4 Å². The number of aliphatic hydroxyl groups excluding tert-OH is 1. The molecule has 0 bridgehead atoms. The number of carbonyl (C=O) groups excluding carboxylic acids is 1. The summed E-state index contributed by atoms with van der Waals surface area (Å²) >= 11 is 0. The van der Waals surface area contributed by atoms with Gasteiger partial charge in [-0.2, -0.15) is 0 Å². The van der Waals surface area contributed by atoms with E-state index in [1.807, 2.05) is 61.5 Å². The first-order valence-electron chi connectivity index (χ1n) is 9.55. The van der Waals surface area contributed by atoms with Gasteiger partial charge >= 0.3 is 0 Å². The lowest BCUT2D eigenvalue weighted by Gasteiger charge is -2.25. The topological polar surface area (TPSA) is 47.0 Å². The highest BCUT2D eigenvalue weighted by Gasteiger charge is 2.22. The monoisotopic (exact) mass is 367 g/mol. The van der Waals surface area contributed by atoms with Gasteiger partial charge in [0.2, 0.25) is 5.91 Å². The van der Waals surface area contributed by atoms with E-state index in [0.29, 0.717) is 19.6 Å². The zero-order chi connectivity index (χ0) is 19.2. The van der Waals surface area contributed by atoms with Crippen LogP contribution < -0.4 is 9.80 Å². The van der Waals surface area contributed by atoms with E-state index in [-0.39, 0.29) is 12.0 Å². The lowest BCUT2D eigenvalue weighted by molar-refractivity contribution is -0.128. The number of amides is 1. The molecule has 1 saturated heterocycles. The first kappa shape index (κ1) is 19.2. The van der Waals surface area contributed by atoms with Crippen molar-refractivity contribution in [2.75, 3.05) is 50.1 Å². The van der Waals surface area contributed by atoms with E-state index in [4.69, 9.17) is 0 Å². The Kier molecular flexibility index (Phi) is 6.35. The third-order valence-electron chi connectivity index (χ3n) is 5.21. The smallest absolute Gasteiger partial charge is 0.241 e. The molecule has 1 amide bonds. The standard InChI is InChI=1S/C22H29N3O2/c1-23(22(27)17-24(2)19-9-4-3-5-10-19)14-12-18-8-6-7-11-21(18)25-15-13-20(26)16-25/h3-11,20,26H,12-17H2,1-2H3/t20-/m0/s1. The van der Waals surface area contributed by atoms with Gasteiger partial charge in [0, 0.05) is 45.1 Å². The summed E-state index contributed by atoms with van der Waals surface area (Å²) in [5, 5.41) is 9.82. The molecule has 144 valence electrons. The summed E-state index contributed by atoms with van der Waals surface area (Å²) in [5.74, 6) is 0.107. The van der Waals surface area contributed by atoms with Crippen molar-refractivity contribution in [2.24, 2.45) is 0 Å². The summed E-state index contributed by atoms with van der Waals surface area (Å²) < 4.78 is 0. The molecule has 1 heterocycles. The van der Waals surface area contributed by atoms with Gasteiger partial charge in [-0.3, -0.25) is 4.79 Å². The molecular weight excluding hydrogens is 338 g/mol. The second-order valence-corrected chi connectivity index (χ2v) is 7.27. The number of aliphatic hydroxyl groups is 1. The molecular formula is C22H29N3O2. The van der Waals surface area contributed by atoms with Crippen LogP contribution >= 0.6 is 0 Å². The minimum Gasteiger partial charge on any atom is -0.391 e. The normalized spacial score (nSPS) is 16.4. The van der Waals surface area contributed by atoms with Crippen LogP contribution in [0.4, 0.5) is 11.4 Å². The van der Waals surface area contributed by atoms with Gasteiger partial charge < -0.3 is 19.8 Å². The van der Waals surface area contributed by atoms with Gasteiger partial charge in [0.25, 0.3) is 0 Å². The zero-order valence-corrected chi connectivity index (χ0v) is 16.2. The van der Waals surface area contributed by atoms with Gasteiger partial charge in [-0.25, -0.2) is 0 Å². The number of carbonyl (C=O) groups is 1. The largest absolute Gasteiger partial charge is 0.391 e. The zero-order valence-electron chi connectivity index (χ0n) is 16.2. The Morgan fingerprint density at radius 3 is 2.52 bits per heavy atom. The number of hydrogen-bond donors (Lipinski definition) is 1. The molecule has 3 rings (SSSR count). The number of nitrogens with zero attached hydrogens (tertiary/aromatic N) is 3. The molecule has 0 aliphatic carbocycles. The Bertz CT molecular complexity index is 750. The number of rotatable bonds is 7. The van der Waals surface area contributed by atoms with Gasteiger partial charge in [0.1, 0.15) is 0 Å². The Morgan fingerprint density at radius 1 is 1.11 bits per heavy atom. The van der Waals surface area contributed by atoms with Gasteiger partial charge in [0.15, 0.2) is 0 Å². The summed E-state index contributed by atoms with van der Waals surface area (Å²) in [6.45, 7) is 2.61. The third-order valence-corrected chi connectivity index (χ3v) is 5.21. The molecule has 1 atom stereocenters. The number of likely N-dealkylation sites (N-methyl/N-ethyl adjacent to an activating group) is 2. The summed E-state index contributed by atoms with van der Waals surface area (Å²) in [4.78, 5) is 18.6. The molecule has 0 spiro atoms. The number of para-hydroxylation sites is 2. The molecule has 2 aromatic rings. The van der Waals surface area contributed by atoms with Crippen LogP contribution in [0.3, 0.4) is 0 Å². The van der Waals surface area contributed by atoms with E-state index < -0.39 is 0 Å². The van der Waals surface area contributed by atoms with Crippen LogP contribution in [0.15, 0.2) is 54.6 Å². The quantitative estimate of drug-likeness (QED) is 0.816. The Morgan fingerprint density at radius 2 is 1.81 bits per heavy atom. The van der Waals surface area contributed by atoms with Crippen molar-refractivity contribution in [3.8, 4) is 0 Å². The molecule has 1 aliphatic rings. The van der Waals surface area contributed by atoms with E-state index in [2.05, 4.69) is 17.0 Å². The van der Waals surface area contributed by atoms with Crippen LogP contribution in [0, 0.1) is 0 Å². The first-order valence-corrected chi connectivity index (χ1v) is 9.55. The van der Waals surface area contributed by atoms with Crippen molar-refractivity contribution < 1.29 is 9.90 Å². The maximum Gasteiger partial charge on any atom is 0.241 e. The van der Waals surface area contributed by atoms with E-state index >= 15 is 0 Å². The van der Waals surface area contributed by atoms with Crippen LogP contribution in [0.1, 0.15) is 12.0 Å². The third kappa shape index (κ3) is 5.01. The van der Waals surface area contributed by atoms with E-state index in [1.165, 1.54) is 11.3 Å². The van der Waals surface area contributed by atoms with Crippen molar-refractivity contribution >= 4 is 17.3 Å². The lowest BCUT2D eigenvalue weighted by atomic mass is 10.1. The molecule has 27 heavy (non-hydrogen) atoms. The van der Waals surface area contributed by atoms with Crippen molar-refractivity contribution in [3.63, 3.8) is 0 Å². The Hall–Kier alpha value is -2.53. The molecule has 2 aromatic carbocycles. The predicted molar refractivity (Wildman–Crippen MR) is 110 cm³/mol. The van der Waals surface area contributed by atoms with Crippen LogP contribution in [-0.2, 0) is 11.2 Å². The molecule has 1 aliphatic heterocycles. The van der Waals surface area contributed by atoms with Gasteiger partial charge in [-0.15, -0.1) is 0 Å². The molecule has 5 nitrogen and oxygen atoms in total. The molecule has 0 saturated carbocycles. The fourth-order valence-electron chi connectivity index (χ4n) is 3.50. The van der Waals surface area contributed by atoms with Crippen molar-refractivity contribution in [3.05, 3.63) is 60.2 Å². The predicted octanol–water partition coefficient (Wildman–Crippen LogP) is 2.39. The fraction of sp³-hybridized carbons (Fsp3) is 0.409. The molecule has 5 heteroatoms. The number of benzene rings is 2. The second kappa shape index (κ2) is 8.91. The van der Waals surface area contributed by atoms with E-state index in [9.17, 15) is 9.90 Å². The highest BCUT2D eigenvalue weighted by molar-refractivity contribution is 5.81. The van der Waals surface area contributed by atoms with Crippen LogP contribution in [0.5, 0.6) is 0 Å². The average molecular weight is 367 g/mol. The molecule has 0 radical (unpaired) electrons. The number of anilines is 2. The Balaban J connectivity index is 1.56. The maximum absolute atomic E-state index is 12.6. The van der Waals surface area contributed by atoms with Crippen LogP contribution in [0.2, 0.25) is 0 Å². The molecule has 0 unspecified atom stereocenters. The van der Waals surface area contributed by atoms with Crippen molar-refractivity contribution in [1.29, 1.82) is 0 Å². The minimum absolute atomic E-state index is 0.107. The van der Waals surface area contributed by atoms with Crippen LogP contribution in [0.25, 0.3) is 0 Å². The van der Waals surface area contributed by atoms with Crippen molar-refractivity contribution in [1.82, 2.24) is 4.90 Å². The van der Waals surface area contributed by atoms with E-state index in [0.717, 1.165) is 25.1 Å². The number of β-amino-alcohol motifs (C(OH)–C–C–N with tert-alkyl or cyclic N) is 1. The fourth-order valence-corrected chi connectivity index (χ4v) is 3.50. The van der Waals surface area contributed by atoms with Crippen LogP contribution in [-0.4, -0.2) is 62.3 Å². The summed E-state index contributed by atoms with van der Waals surface area (Å²) in [7, 11) is 3.80. The Labute approximate surface area is 161 Å². The minimum atomic E-state index is -0.240. The second-order valence-electron chi connectivity index (χ2n) is 7.27. The average Bonchev–Trinajstić information content (AvgIpc) is 3.13. The molecule has 0 aromatic heterocycles. The summed E-state index contributed by atoms with van der Waals surface area (Å²) in [5.41, 5.74) is 3.44. The van der Waals surface area contributed by atoms with Gasteiger partial charge in [0.05, 0.1) is 12.6 Å². The lowest BCUT2D eigenvalue weighted by Crippen LogP contribution is -2.37. The maximum atomic E-state index is 12.6. The summed E-state index contributed by atoms with van der Waals surface area (Å²) in [6.07, 6.45) is 1.38. The number of hydrogen-bond acceptors (Lipinski definition) is 4. The molecule has 1 N–H and O–H groups in total. The highest BCUT2D eigenvalue weighted by Crippen LogP contribution is 2.25. The highest BCUT2D eigenvalue weighted by atomic mass is 16.3. The van der Waals surface area contributed by atoms with Gasteiger partial charge in [-0.05, 0) is 36.6 Å². The van der Waals surface area contributed by atoms with E-state index in [1.54, 1.807) is 4.90 Å². The summed E-state index contributed by atoms with van der Waals surface area (Å²) in [6, 6.07) is 18.2.